The molecule has 2 heterocycles. The maximum Gasteiger partial charge on any atom is 0.336 e. The normalized spacial score (nSPS) is 11.3. The molecule has 35 heavy (non-hydrogen) atoms. The Hall–Kier alpha value is -4.04. The molecular weight excluding hydrogens is 473 g/mol. The Kier molecular flexibility index (Phi) is 5.61. The van der Waals surface area contributed by atoms with Crippen molar-refractivity contribution in [3.05, 3.63) is 97.9 Å². The van der Waals surface area contributed by atoms with Crippen molar-refractivity contribution >= 4 is 33.5 Å². The van der Waals surface area contributed by atoms with Gasteiger partial charge in [-0.1, -0.05) is 17.7 Å². The molecule has 9 heteroatoms. The lowest BCUT2D eigenvalue weighted by atomic mass is 10.2. The van der Waals surface area contributed by atoms with E-state index < -0.39 is 17.1 Å². The highest BCUT2D eigenvalue weighted by Gasteiger charge is 2.23. The number of hydrogen-bond donors (Lipinski definition) is 0. The second-order valence-corrected chi connectivity index (χ2v) is 8.45. The molecule has 0 aliphatic rings. The first-order valence-electron chi connectivity index (χ1n) is 10.7. The number of fused-ring (bicyclic) bond motifs is 3. The van der Waals surface area contributed by atoms with Gasteiger partial charge in [-0.05, 0) is 54.6 Å². The fraction of sp³-hybridized carbons (Fsp3) is 0.154. The van der Waals surface area contributed by atoms with Gasteiger partial charge in [-0.25, -0.2) is 13.8 Å². The maximum atomic E-state index is 14.8. The first kappa shape index (κ1) is 22.7. The number of nitrogens with zero attached hydrogens (tertiary/aromatic N) is 3. The number of aryl methyl sites for hydroxylation is 1. The molecule has 2 aromatic heterocycles. The topological polar surface area (TPSA) is 67.4 Å². The SMILES string of the molecule is COc1ccc(-n2c(=O)c3c(c4cc(OC)ccc4n3C)n(Cc3c(F)cccc3Cl)c2=O)cc1. The van der Waals surface area contributed by atoms with Crippen LogP contribution in [0.4, 0.5) is 4.39 Å². The van der Waals surface area contributed by atoms with Gasteiger partial charge in [-0.2, -0.15) is 0 Å². The Balaban J connectivity index is 1.93. The Labute approximate surface area is 204 Å². The highest BCUT2D eigenvalue weighted by molar-refractivity contribution is 6.31. The van der Waals surface area contributed by atoms with E-state index >= 15 is 0 Å². The Morgan fingerprint density at radius 2 is 1.60 bits per heavy atom. The van der Waals surface area contributed by atoms with Crippen LogP contribution in [-0.2, 0) is 13.6 Å². The van der Waals surface area contributed by atoms with Crippen LogP contribution < -0.4 is 20.7 Å². The summed E-state index contributed by atoms with van der Waals surface area (Å²) in [6.07, 6.45) is 0. The molecule has 0 bridgehead atoms. The van der Waals surface area contributed by atoms with Gasteiger partial charge in [0.25, 0.3) is 5.56 Å². The molecule has 0 saturated heterocycles. The van der Waals surface area contributed by atoms with Gasteiger partial charge in [0.15, 0.2) is 0 Å². The van der Waals surface area contributed by atoms with Gasteiger partial charge >= 0.3 is 5.69 Å². The lowest BCUT2D eigenvalue weighted by Crippen LogP contribution is -2.39. The van der Waals surface area contributed by atoms with Crippen LogP contribution in [-0.4, -0.2) is 27.9 Å². The molecule has 0 fully saturated rings. The monoisotopic (exact) mass is 493 g/mol. The minimum atomic E-state index is -0.623. The minimum Gasteiger partial charge on any atom is -0.497 e. The Morgan fingerprint density at radius 3 is 2.26 bits per heavy atom. The summed E-state index contributed by atoms with van der Waals surface area (Å²) >= 11 is 6.31. The van der Waals surface area contributed by atoms with Crippen LogP contribution in [0.1, 0.15) is 5.56 Å². The third kappa shape index (κ3) is 3.57. The van der Waals surface area contributed by atoms with E-state index in [9.17, 15) is 14.0 Å². The summed E-state index contributed by atoms with van der Waals surface area (Å²) in [5.74, 6) is 0.600. The summed E-state index contributed by atoms with van der Waals surface area (Å²) in [7, 11) is 4.82. The predicted molar refractivity (Wildman–Crippen MR) is 134 cm³/mol. The van der Waals surface area contributed by atoms with Crippen molar-refractivity contribution in [1.82, 2.24) is 13.7 Å². The van der Waals surface area contributed by atoms with Gasteiger partial charge in [-0.3, -0.25) is 9.36 Å². The summed E-state index contributed by atoms with van der Waals surface area (Å²) in [6.45, 7) is -0.173. The summed E-state index contributed by atoms with van der Waals surface area (Å²) in [6, 6.07) is 16.3. The second kappa shape index (κ2) is 8.63. The van der Waals surface area contributed by atoms with Crippen LogP contribution in [0.25, 0.3) is 27.6 Å². The number of benzene rings is 3. The predicted octanol–water partition coefficient (Wildman–Crippen LogP) is 4.50. The molecule has 5 rings (SSSR count). The quantitative estimate of drug-likeness (QED) is 0.361. The second-order valence-electron chi connectivity index (χ2n) is 8.05. The number of hydrogen-bond acceptors (Lipinski definition) is 4. The maximum absolute atomic E-state index is 14.8. The third-order valence-electron chi connectivity index (χ3n) is 6.19. The van der Waals surface area contributed by atoms with Gasteiger partial charge in [0.1, 0.15) is 22.8 Å². The highest BCUT2D eigenvalue weighted by atomic mass is 35.5. The fourth-order valence-corrected chi connectivity index (χ4v) is 4.63. The molecule has 0 unspecified atom stereocenters. The molecule has 5 aromatic rings. The van der Waals surface area contributed by atoms with Gasteiger partial charge in [-0.15, -0.1) is 0 Å². The molecule has 0 atom stereocenters. The van der Waals surface area contributed by atoms with Gasteiger partial charge in [0.2, 0.25) is 0 Å². The van der Waals surface area contributed by atoms with Gasteiger partial charge < -0.3 is 14.0 Å². The molecule has 7 nitrogen and oxygen atoms in total. The van der Waals surface area contributed by atoms with E-state index in [1.807, 2.05) is 6.07 Å². The lowest BCUT2D eigenvalue weighted by Gasteiger charge is -2.15. The third-order valence-corrected chi connectivity index (χ3v) is 6.54. The molecule has 3 aromatic carbocycles. The minimum absolute atomic E-state index is 0.150. The van der Waals surface area contributed by atoms with Crippen LogP contribution in [0.3, 0.4) is 0 Å². The molecular formula is C26H21ClFN3O4. The van der Waals surface area contributed by atoms with Crippen molar-refractivity contribution in [3.63, 3.8) is 0 Å². The number of rotatable bonds is 5. The molecule has 0 N–H and O–H groups in total. The van der Waals surface area contributed by atoms with Gasteiger partial charge in [0, 0.05) is 23.0 Å². The summed E-state index contributed by atoms with van der Waals surface area (Å²) in [4.78, 5) is 27.6. The Morgan fingerprint density at radius 1 is 0.914 bits per heavy atom. The molecule has 0 radical (unpaired) electrons. The van der Waals surface area contributed by atoms with Crippen LogP contribution in [0.2, 0.25) is 5.02 Å². The van der Waals surface area contributed by atoms with Crippen molar-refractivity contribution in [1.29, 1.82) is 0 Å². The number of aromatic nitrogens is 3. The number of methoxy groups -OCH3 is 2. The first-order valence-corrected chi connectivity index (χ1v) is 11.1. The van der Waals surface area contributed by atoms with E-state index in [0.29, 0.717) is 28.1 Å². The van der Waals surface area contributed by atoms with E-state index in [0.717, 1.165) is 10.1 Å². The number of halogens is 2. The zero-order chi connectivity index (χ0) is 24.9. The van der Waals surface area contributed by atoms with Crippen molar-refractivity contribution < 1.29 is 13.9 Å². The Bertz CT molecular complexity index is 1700. The van der Waals surface area contributed by atoms with Gasteiger partial charge in [0.05, 0.1) is 37.5 Å². The molecule has 0 aliphatic heterocycles. The van der Waals surface area contributed by atoms with Crippen LogP contribution in [0, 0.1) is 5.82 Å². The average molecular weight is 494 g/mol. The van der Waals surface area contributed by atoms with Crippen LogP contribution in [0.5, 0.6) is 11.5 Å². The summed E-state index contributed by atoms with van der Waals surface area (Å²) in [5, 5.41) is 0.815. The van der Waals surface area contributed by atoms with E-state index in [1.165, 1.54) is 30.9 Å². The van der Waals surface area contributed by atoms with E-state index in [4.69, 9.17) is 21.1 Å². The van der Waals surface area contributed by atoms with Crippen molar-refractivity contribution in [2.75, 3.05) is 14.2 Å². The summed E-state index contributed by atoms with van der Waals surface area (Å²) < 4.78 is 29.6. The molecule has 0 spiro atoms. The number of ether oxygens (including phenoxy) is 2. The van der Waals surface area contributed by atoms with Crippen LogP contribution in [0.15, 0.2) is 70.3 Å². The zero-order valence-electron chi connectivity index (χ0n) is 19.2. The van der Waals surface area contributed by atoms with Crippen molar-refractivity contribution in [2.45, 2.75) is 6.54 Å². The molecule has 0 saturated carbocycles. The zero-order valence-corrected chi connectivity index (χ0v) is 20.0. The van der Waals surface area contributed by atoms with Crippen LogP contribution >= 0.6 is 11.6 Å². The van der Waals surface area contributed by atoms with Crippen molar-refractivity contribution in [2.24, 2.45) is 7.05 Å². The lowest BCUT2D eigenvalue weighted by molar-refractivity contribution is 0.414. The van der Waals surface area contributed by atoms with E-state index in [2.05, 4.69) is 0 Å². The smallest absolute Gasteiger partial charge is 0.336 e. The first-order chi connectivity index (χ1) is 16.8. The van der Waals surface area contributed by atoms with E-state index in [-0.39, 0.29) is 22.6 Å². The van der Waals surface area contributed by atoms with Crippen molar-refractivity contribution in [3.8, 4) is 17.2 Å². The van der Waals surface area contributed by atoms with E-state index in [1.54, 1.807) is 54.1 Å². The largest absolute Gasteiger partial charge is 0.497 e. The average Bonchev–Trinajstić information content (AvgIpc) is 3.15. The summed E-state index contributed by atoms with van der Waals surface area (Å²) in [5.41, 5.74) is 0.775. The fourth-order valence-electron chi connectivity index (χ4n) is 4.41. The molecule has 0 aliphatic carbocycles. The molecule has 178 valence electrons. The highest BCUT2D eigenvalue weighted by Crippen LogP contribution is 2.30. The standard InChI is InChI=1S/C26H21ClFN3O4/c1-29-22-12-11-17(35-3)13-18(22)23-24(29)25(32)31(15-7-9-16(34-2)10-8-15)26(33)30(23)14-19-20(27)5-4-6-21(19)28/h4-13H,14H2,1-3H3. The molecule has 0 amide bonds.